The first-order valence-electron chi connectivity index (χ1n) is 9.07. The number of fused-ring (bicyclic) bond motifs is 1. The fraction of sp³-hybridized carbons (Fsp3) is 0.350. The molecule has 4 rings (SSSR count). The monoisotopic (exact) mass is 402 g/mol. The lowest BCUT2D eigenvalue weighted by atomic mass is 9.83. The molecule has 0 spiro atoms. The van der Waals surface area contributed by atoms with E-state index in [-0.39, 0.29) is 5.56 Å². The number of hydrogen-bond donors (Lipinski definition) is 0. The third-order valence-corrected chi connectivity index (χ3v) is 6.00. The van der Waals surface area contributed by atoms with E-state index in [0.29, 0.717) is 29.8 Å². The van der Waals surface area contributed by atoms with Gasteiger partial charge in [0.15, 0.2) is 5.69 Å². The molecule has 0 saturated carbocycles. The second-order valence-electron chi connectivity index (χ2n) is 6.73. The number of nitrogens with zero attached hydrogens (tertiary/aromatic N) is 4. The van der Waals surface area contributed by atoms with Crippen LogP contribution in [0.2, 0.25) is 0 Å². The van der Waals surface area contributed by atoms with E-state index in [0.717, 1.165) is 34.1 Å². The van der Waals surface area contributed by atoms with Crippen LogP contribution >= 0.6 is 11.3 Å². The molecule has 3 aromatic rings. The first kappa shape index (κ1) is 18.7. The van der Waals surface area contributed by atoms with Gasteiger partial charge in [-0.3, -0.25) is 9.67 Å². The second kappa shape index (κ2) is 7.06. The fourth-order valence-electron chi connectivity index (χ4n) is 3.77. The van der Waals surface area contributed by atoms with E-state index >= 15 is 0 Å². The molecule has 0 fully saturated rings. The third kappa shape index (κ3) is 3.20. The van der Waals surface area contributed by atoms with Crippen LogP contribution in [-0.2, 0) is 12.7 Å². The molecule has 0 bridgehead atoms. The molecule has 0 aliphatic heterocycles. The minimum absolute atomic E-state index is 0.164. The molecule has 0 unspecified atom stereocenters. The largest absolute Gasteiger partial charge is 0.435 e. The summed E-state index contributed by atoms with van der Waals surface area (Å²) in [5.74, 6) is 0. The van der Waals surface area contributed by atoms with Crippen LogP contribution in [0.15, 0.2) is 24.7 Å². The number of hydrogen-bond acceptors (Lipinski definition) is 4. The van der Waals surface area contributed by atoms with Gasteiger partial charge in [-0.2, -0.15) is 23.5 Å². The van der Waals surface area contributed by atoms with Crippen molar-refractivity contribution < 1.29 is 13.2 Å². The highest BCUT2D eigenvalue weighted by atomic mass is 32.1. The van der Waals surface area contributed by atoms with E-state index < -0.39 is 11.9 Å². The number of thiophene rings is 1. The molecule has 28 heavy (non-hydrogen) atoms. The van der Waals surface area contributed by atoms with Gasteiger partial charge in [-0.1, -0.05) is 0 Å². The summed E-state index contributed by atoms with van der Waals surface area (Å²) < 4.78 is 43.1. The lowest BCUT2D eigenvalue weighted by Crippen LogP contribution is -2.11. The summed E-state index contributed by atoms with van der Waals surface area (Å²) in [5.41, 5.74) is 1.73. The lowest BCUT2D eigenvalue weighted by Gasteiger charge is -2.21. The van der Waals surface area contributed by atoms with Crippen LogP contribution in [0, 0.1) is 11.3 Å². The third-order valence-electron chi connectivity index (χ3n) is 5.03. The topological polar surface area (TPSA) is 54.5 Å². The van der Waals surface area contributed by atoms with Crippen molar-refractivity contribution in [2.24, 2.45) is 0 Å². The quantitative estimate of drug-likeness (QED) is 0.549. The van der Waals surface area contributed by atoms with E-state index in [1.54, 1.807) is 25.4 Å². The molecule has 3 aromatic heterocycles. The zero-order valence-electron chi connectivity index (χ0n) is 15.2. The normalized spacial score (nSPS) is 15.2. The van der Waals surface area contributed by atoms with Gasteiger partial charge in [0.05, 0.1) is 4.70 Å². The van der Waals surface area contributed by atoms with Crippen molar-refractivity contribution in [3.63, 3.8) is 0 Å². The van der Waals surface area contributed by atoms with Crippen molar-refractivity contribution in [1.29, 1.82) is 5.26 Å². The molecular weight excluding hydrogens is 385 g/mol. The number of alkyl halides is 3. The summed E-state index contributed by atoms with van der Waals surface area (Å²) >= 11 is 1.34. The molecule has 1 aliphatic rings. The average molecular weight is 402 g/mol. The van der Waals surface area contributed by atoms with Gasteiger partial charge in [-0.05, 0) is 49.8 Å². The highest BCUT2D eigenvalue weighted by Gasteiger charge is 2.38. The molecule has 0 saturated heterocycles. The van der Waals surface area contributed by atoms with Gasteiger partial charge < -0.3 is 0 Å². The first-order chi connectivity index (χ1) is 13.4. The van der Waals surface area contributed by atoms with Gasteiger partial charge in [0.1, 0.15) is 10.9 Å². The molecule has 3 heterocycles. The van der Waals surface area contributed by atoms with Gasteiger partial charge in [0.25, 0.3) is 0 Å². The number of nitriles is 1. The lowest BCUT2D eigenvalue weighted by molar-refractivity contribution is -0.141. The van der Waals surface area contributed by atoms with Crippen LogP contribution in [0.3, 0.4) is 0 Å². The molecule has 0 N–H and O–H groups in total. The van der Waals surface area contributed by atoms with E-state index in [4.69, 9.17) is 0 Å². The van der Waals surface area contributed by atoms with Gasteiger partial charge in [-0.25, -0.2) is 0 Å². The van der Waals surface area contributed by atoms with E-state index in [1.807, 2.05) is 0 Å². The summed E-state index contributed by atoms with van der Waals surface area (Å²) in [6.07, 6.45) is 3.40. The standard InChI is InChI=1S/C20H17F3N4S/c1-2-27-11-17(19(26-27)20(21,22)23)14-6-4-3-5-13(14)16-9-25-10-18-15(16)7-12(8-24)28-18/h7,9-11H,2-6H2,1H3. The number of aromatic nitrogens is 3. The van der Waals surface area contributed by atoms with Crippen LogP contribution in [0.5, 0.6) is 0 Å². The van der Waals surface area contributed by atoms with Gasteiger partial charge in [0.2, 0.25) is 0 Å². The Morgan fingerprint density at radius 2 is 1.89 bits per heavy atom. The molecule has 8 heteroatoms. The molecule has 1 aliphatic carbocycles. The molecule has 4 nitrogen and oxygen atoms in total. The van der Waals surface area contributed by atoms with Crippen molar-refractivity contribution in [2.75, 3.05) is 0 Å². The van der Waals surface area contributed by atoms with E-state index in [9.17, 15) is 18.4 Å². The first-order valence-corrected chi connectivity index (χ1v) is 9.89. The number of rotatable bonds is 3. The highest BCUT2D eigenvalue weighted by molar-refractivity contribution is 7.19. The van der Waals surface area contributed by atoms with Crippen molar-refractivity contribution in [1.82, 2.24) is 14.8 Å². The number of allylic oxidation sites excluding steroid dienone is 2. The molecule has 0 atom stereocenters. The maximum absolute atomic E-state index is 13.6. The van der Waals surface area contributed by atoms with Crippen LogP contribution in [0.4, 0.5) is 13.2 Å². The summed E-state index contributed by atoms with van der Waals surface area (Å²) in [6.45, 7) is 2.14. The Bertz CT molecular complexity index is 1110. The average Bonchev–Trinajstić information content (AvgIpc) is 3.31. The Kier molecular flexibility index (Phi) is 4.71. The van der Waals surface area contributed by atoms with E-state index in [2.05, 4.69) is 16.2 Å². The maximum Gasteiger partial charge on any atom is 0.435 e. The molecule has 144 valence electrons. The number of halogens is 3. The van der Waals surface area contributed by atoms with Crippen molar-refractivity contribution in [3.8, 4) is 6.07 Å². The minimum atomic E-state index is -4.51. The fourth-order valence-corrected chi connectivity index (χ4v) is 4.62. The molecule has 0 amide bonds. The van der Waals surface area contributed by atoms with Crippen LogP contribution < -0.4 is 0 Å². The minimum Gasteiger partial charge on any atom is -0.272 e. The Hall–Kier alpha value is -2.66. The van der Waals surface area contributed by atoms with Crippen molar-refractivity contribution >= 4 is 32.6 Å². The summed E-state index contributed by atoms with van der Waals surface area (Å²) in [5, 5.41) is 13.9. The summed E-state index contributed by atoms with van der Waals surface area (Å²) in [6, 6.07) is 3.94. The van der Waals surface area contributed by atoms with Crippen LogP contribution in [-0.4, -0.2) is 14.8 Å². The summed E-state index contributed by atoms with van der Waals surface area (Å²) in [7, 11) is 0. The van der Waals surface area contributed by atoms with Crippen LogP contribution in [0.1, 0.15) is 54.3 Å². The van der Waals surface area contributed by atoms with Crippen LogP contribution in [0.25, 0.3) is 21.2 Å². The maximum atomic E-state index is 13.6. The van der Waals surface area contributed by atoms with Gasteiger partial charge in [0, 0.05) is 41.6 Å². The number of aryl methyl sites for hydroxylation is 1. The Morgan fingerprint density at radius 1 is 1.18 bits per heavy atom. The Labute approximate surface area is 163 Å². The predicted molar refractivity (Wildman–Crippen MR) is 103 cm³/mol. The van der Waals surface area contributed by atoms with Crippen molar-refractivity contribution in [3.05, 3.63) is 46.4 Å². The summed E-state index contributed by atoms with van der Waals surface area (Å²) in [4.78, 5) is 4.85. The molecular formula is C20H17F3N4S. The van der Waals surface area contributed by atoms with Gasteiger partial charge >= 0.3 is 6.18 Å². The highest BCUT2D eigenvalue weighted by Crippen LogP contribution is 2.44. The number of pyridine rings is 1. The zero-order chi connectivity index (χ0) is 19.9. The van der Waals surface area contributed by atoms with E-state index in [1.165, 1.54) is 22.2 Å². The SMILES string of the molecule is CCn1cc(C2=C(c3cncc4sc(C#N)cc34)CCCC2)c(C(F)(F)F)n1. The Morgan fingerprint density at radius 3 is 2.54 bits per heavy atom. The molecule has 0 radical (unpaired) electrons. The predicted octanol–water partition coefficient (Wildman–Crippen LogP) is 5.89. The van der Waals surface area contributed by atoms with Crippen molar-refractivity contribution in [2.45, 2.75) is 45.3 Å². The molecule has 0 aromatic carbocycles. The Balaban J connectivity index is 1.97. The smallest absolute Gasteiger partial charge is 0.272 e. The zero-order valence-corrected chi connectivity index (χ0v) is 16.0. The van der Waals surface area contributed by atoms with Gasteiger partial charge in [-0.15, -0.1) is 11.3 Å². The second-order valence-corrected chi connectivity index (χ2v) is 7.81.